The van der Waals surface area contributed by atoms with Gasteiger partial charge in [0, 0.05) is 13.5 Å². The van der Waals surface area contributed by atoms with Crippen molar-refractivity contribution >= 4 is 0 Å². The molecule has 3 rings (SSSR count). The van der Waals surface area contributed by atoms with E-state index in [9.17, 15) is 0 Å². The summed E-state index contributed by atoms with van der Waals surface area (Å²) in [6.07, 6.45) is 0.00268. The summed E-state index contributed by atoms with van der Waals surface area (Å²) >= 11 is 0. The normalized spacial score (nSPS) is 17.4. The summed E-state index contributed by atoms with van der Waals surface area (Å²) in [6.45, 7) is 3.69. The summed E-state index contributed by atoms with van der Waals surface area (Å²) in [4.78, 5) is 6.28. The summed E-state index contributed by atoms with van der Waals surface area (Å²) < 4.78 is 16.6. The maximum atomic E-state index is 5.91. The van der Waals surface area contributed by atoms with Gasteiger partial charge in [-0.3, -0.25) is 4.90 Å². The Morgan fingerprint density at radius 1 is 1.30 bits per heavy atom. The van der Waals surface area contributed by atoms with Crippen molar-refractivity contribution in [2.75, 3.05) is 20.2 Å². The number of rotatable bonds is 4. The van der Waals surface area contributed by atoms with Crippen LogP contribution in [-0.4, -0.2) is 41.3 Å². The number of likely N-dealkylation sites (N-methyl/N-ethyl adjacent to an activating group) is 1. The molecular formula is C14H17N3O3. The predicted molar refractivity (Wildman–Crippen MR) is 71.7 cm³/mol. The molecule has 1 aliphatic heterocycles. The molecule has 6 nitrogen and oxygen atoms in total. The Kier molecular flexibility index (Phi) is 3.56. The minimum atomic E-state index is 0.00268. The highest BCUT2D eigenvalue weighted by Crippen LogP contribution is 2.30. The third-order valence-electron chi connectivity index (χ3n) is 3.06. The highest BCUT2D eigenvalue weighted by Gasteiger charge is 2.22. The van der Waals surface area contributed by atoms with Crippen LogP contribution in [0.4, 0.5) is 0 Å². The zero-order chi connectivity index (χ0) is 13.9. The third-order valence-corrected chi connectivity index (χ3v) is 3.06. The first-order valence-corrected chi connectivity index (χ1v) is 6.57. The van der Waals surface area contributed by atoms with Gasteiger partial charge in [0.1, 0.15) is 12.7 Å². The highest BCUT2D eigenvalue weighted by molar-refractivity contribution is 5.40. The maximum Gasteiger partial charge on any atom is 0.223 e. The van der Waals surface area contributed by atoms with Crippen LogP contribution in [0.1, 0.15) is 11.7 Å². The molecule has 0 aliphatic carbocycles. The average Bonchev–Trinajstić information content (AvgIpc) is 2.83. The lowest BCUT2D eigenvalue weighted by Gasteiger charge is -2.29. The largest absolute Gasteiger partial charge is 0.486 e. The number of ether oxygens (including phenoxy) is 2. The van der Waals surface area contributed by atoms with Crippen molar-refractivity contribution in [3.8, 4) is 11.5 Å². The second-order valence-electron chi connectivity index (χ2n) is 4.92. The Morgan fingerprint density at radius 3 is 2.85 bits per heavy atom. The molecule has 1 aromatic carbocycles. The molecule has 0 amide bonds. The maximum absolute atomic E-state index is 5.91. The highest BCUT2D eigenvalue weighted by atomic mass is 16.6. The lowest BCUT2D eigenvalue weighted by molar-refractivity contribution is 0.0630. The fraction of sp³-hybridized carbons (Fsp3) is 0.429. The van der Waals surface area contributed by atoms with Crippen LogP contribution >= 0.6 is 0 Å². The number of nitrogens with zero attached hydrogens (tertiary/aromatic N) is 3. The van der Waals surface area contributed by atoms with Crippen LogP contribution in [0.3, 0.4) is 0 Å². The van der Waals surface area contributed by atoms with Gasteiger partial charge in [-0.1, -0.05) is 17.3 Å². The van der Waals surface area contributed by atoms with Gasteiger partial charge in [0.05, 0.1) is 6.54 Å². The molecule has 6 heteroatoms. The van der Waals surface area contributed by atoms with Crippen LogP contribution in [0, 0.1) is 6.92 Å². The zero-order valence-electron chi connectivity index (χ0n) is 11.6. The number of para-hydroxylation sites is 2. The van der Waals surface area contributed by atoms with E-state index in [2.05, 4.69) is 15.0 Å². The number of aromatic nitrogens is 2. The van der Waals surface area contributed by atoms with E-state index in [1.165, 1.54) is 0 Å². The van der Waals surface area contributed by atoms with E-state index in [-0.39, 0.29) is 6.10 Å². The van der Waals surface area contributed by atoms with Gasteiger partial charge in [0.25, 0.3) is 0 Å². The van der Waals surface area contributed by atoms with Crippen LogP contribution in [0.2, 0.25) is 0 Å². The van der Waals surface area contributed by atoms with Gasteiger partial charge in [-0.25, -0.2) is 0 Å². The van der Waals surface area contributed by atoms with Crippen molar-refractivity contribution in [2.24, 2.45) is 0 Å². The molecule has 106 valence electrons. The number of benzene rings is 1. The SMILES string of the molecule is Cc1nc(CN(C)C[C@H]2COc3ccccc3O2)no1. The number of fused-ring (bicyclic) bond motifs is 1. The first-order valence-electron chi connectivity index (χ1n) is 6.57. The number of hydrogen-bond donors (Lipinski definition) is 0. The van der Waals surface area contributed by atoms with E-state index in [1.807, 2.05) is 31.3 Å². The van der Waals surface area contributed by atoms with Crippen LogP contribution in [-0.2, 0) is 6.54 Å². The summed E-state index contributed by atoms with van der Waals surface area (Å²) in [6, 6.07) is 7.71. The van der Waals surface area contributed by atoms with Gasteiger partial charge in [-0.15, -0.1) is 0 Å². The first kappa shape index (κ1) is 12.9. The average molecular weight is 275 g/mol. The van der Waals surface area contributed by atoms with E-state index >= 15 is 0 Å². The summed E-state index contributed by atoms with van der Waals surface area (Å²) in [5, 5.41) is 3.88. The molecule has 20 heavy (non-hydrogen) atoms. The molecule has 0 saturated carbocycles. The molecule has 0 fully saturated rings. The molecule has 1 aliphatic rings. The Hall–Kier alpha value is -2.08. The molecule has 2 aromatic rings. The second kappa shape index (κ2) is 5.50. The molecule has 0 spiro atoms. The zero-order valence-corrected chi connectivity index (χ0v) is 11.6. The number of hydrogen-bond acceptors (Lipinski definition) is 6. The molecular weight excluding hydrogens is 258 g/mol. The Labute approximate surface area is 117 Å². The molecule has 0 unspecified atom stereocenters. The van der Waals surface area contributed by atoms with Crippen LogP contribution in [0.25, 0.3) is 0 Å². The van der Waals surface area contributed by atoms with Crippen LogP contribution in [0.5, 0.6) is 11.5 Å². The van der Waals surface area contributed by atoms with Crippen molar-refractivity contribution in [1.82, 2.24) is 15.0 Å². The van der Waals surface area contributed by atoms with E-state index in [0.717, 1.165) is 18.0 Å². The minimum absolute atomic E-state index is 0.00268. The monoisotopic (exact) mass is 275 g/mol. The van der Waals surface area contributed by atoms with E-state index in [0.29, 0.717) is 24.9 Å². The molecule has 0 saturated heterocycles. The molecule has 0 N–H and O–H groups in total. The molecule has 0 radical (unpaired) electrons. The van der Waals surface area contributed by atoms with E-state index < -0.39 is 0 Å². The molecule has 0 bridgehead atoms. The second-order valence-corrected chi connectivity index (χ2v) is 4.92. The van der Waals surface area contributed by atoms with Crippen LogP contribution < -0.4 is 9.47 Å². The predicted octanol–water partition coefficient (Wildman–Crippen LogP) is 1.65. The minimum Gasteiger partial charge on any atom is -0.486 e. The lowest BCUT2D eigenvalue weighted by atomic mass is 10.2. The quantitative estimate of drug-likeness (QED) is 0.845. The lowest BCUT2D eigenvalue weighted by Crippen LogP contribution is -2.39. The van der Waals surface area contributed by atoms with E-state index in [4.69, 9.17) is 14.0 Å². The molecule has 2 heterocycles. The smallest absolute Gasteiger partial charge is 0.223 e. The van der Waals surface area contributed by atoms with Gasteiger partial charge in [0.15, 0.2) is 17.3 Å². The van der Waals surface area contributed by atoms with Gasteiger partial charge < -0.3 is 14.0 Å². The van der Waals surface area contributed by atoms with Crippen molar-refractivity contribution in [2.45, 2.75) is 19.6 Å². The standard InChI is InChI=1S/C14H17N3O3/c1-10-15-14(16-20-10)8-17(2)7-11-9-18-12-5-3-4-6-13(12)19-11/h3-6,11H,7-9H2,1-2H3/t11-/m0/s1. The van der Waals surface area contributed by atoms with Crippen molar-refractivity contribution in [3.63, 3.8) is 0 Å². The first-order chi connectivity index (χ1) is 9.70. The van der Waals surface area contributed by atoms with Crippen molar-refractivity contribution in [1.29, 1.82) is 0 Å². The Morgan fingerprint density at radius 2 is 2.10 bits per heavy atom. The van der Waals surface area contributed by atoms with Crippen LogP contribution in [0.15, 0.2) is 28.8 Å². The van der Waals surface area contributed by atoms with E-state index in [1.54, 1.807) is 6.92 Å². The summed E-state index contributed by atoms with van der Waals surface area (Å²) in [7, 11) is 2.00. The molecule has 1 atom stereocenters. The van der Waals surface area contributed by atoms with Crippen molar-refractivity contribution in [3.05, 3.63) is 36.0 Å². The fourth-order valence-corrected chi connectivity index (χ4v) is 2.21. The summed E-state index contributed by atoms with van der Waals surface area (Å²) in [5.74, 6) is 2.87. The Balaban J connectivity index is 1.56. The fourth-order valence-electron chi connectivity index (χ4n) is 2.21. The number of aryl methyl sites for hydroxylation is 1. The van der Waals surface area contributed by atoms with Crippen molar-refractivity contribution < 1.29 is 14.0 Å². The summed E-state index contributed by atoms with van der Waals surface area (Å²) in [5.41, 5.74) is 0. The van der Waals surface area contributed by atoms with Gasteiger partial charge in [-0.05, 0) is 19.2 Å². The third kappa shape index (κ3) is 2.91. The van der Waals surface area contributed by atoms with Gasteiger partial charge in [-0.2, -0.15) is 4.98 Å². The van der Waals surface area contributed by atoms with Gasteiger partial charge >= 0.3 is 0 Å². The Bertz CT molecular complexity index is 585. The molecule has 1 aromatic heterocycles. The van der Waals surface area contributed by atoms with Gasteiger partial charge in [0.2, 0.25) is 5.89 Å². The topological polar surface area (TPSA) is 60.6 Å².